The highest BCUT2D eigenvalue weighted by Gasteiger charge is 2.31. The minimum atomic E-state index is -0.101. The first kappa shape index (κ1) is 24.8. The van der Waals surface area contributed by atoms with Gasteiger partial charge in [0.05, 0.1) is 26.4 Å². The molecule has 1 saturated heterocycles. The van der Waals surface area contributed by atoms with E-state index in [0.717, 1.165) is 60.7 Å². The summed E-state index contributed by atoms with van der Waals surface area (Å²) in [5, 5.41) is 3.14. The average Bonchev–Trinajstić information content (AvgIpc) is 3.61. The Morgan fingerprint density at radius 2 is 1.42 bits per heavy atom. The molecule has 0 bridgehead atoms. The van der Waals surface area contributed by atoms with E-state index in [0.29, 0.717) is 13.0 Å². The molecule has 0 aromatic heterocycles. The number of methoxy groups -OCH3 is 2. The van der Waals surface area contributed by atoms with E-state index in [4.69, 9.17) is 18.9 Å². The quantitative estimate of drug-likeness (QED) is 0.478. The van der Waals surface area contributed by atoms with Crippen LogP contribution in [0.5, 0.6) is 23.0 Å². The first-order chi connectivity index (χ1) is 17.6. The summed E-state index contributed by atoms with van der Waals surface area (Å²) in [4.78, 5) is 12.8. The number of amides is 1. The molecule has 2 aliphatic carbocycles. The molecule has 6 heteroatoms. The number of carbonyl (C=O) groups excluding carboxylic acids is 1. The van der Waals surface area contributed by atoms with Crippen LogP contribution >= 0.6 is 0 Å². The number of ether oxygens (including phenoxy) is 4. The fraction of sp³-hybridized carbons (Fsp3) is 0.567. The van der Waals surface area contributed by atoms with E-state index in [-0.39, 0.29) is 30.0 Å². The van der Waals surface area contributed by atoms with Gasteiger partial charge in [0.25, 0.3) is 0 Å². The standard InChI is InChI=1S/C30H39NO5/c1-33-26-14-12-21(18-29(26)36-25-9-5-6-10-25)23-17-22(30(32)31-19-23)15-20-11-13-27(28(16-20)34-2)35-24-7-3-4-8-24/h11-14,16,18,22-25H,3-10,15,17,19H2,1-2H3,(H,31,32)/t22?,23-/m1/s1. The second-order valence-electron chi connectivity index (χ2n) is 10.5. The summed E-state index contributed by atoms with van der Waals surface area (Å²) in [6.45, 7) is 0.641. The highest BCUT2D eigenvalue weighted by atomic mass is 16.5. The topological polar surface area (TPSA) is 66.0 Å². The molecule has 36 heavy (non-hydrogen) atoms. The van der Waals surface area contributed by atoms with E-state index in [1.807, 2.05) is 18.2 Å². The van der Waals surface area contributed by atoms with Crippen LogP contribution < -0.4 is 24.3 Å². The van der Waals surface area contributed by atoms with Gasteiger partial charge >= 0.3 is 0 Å². The Morgan fingerprint density at radius 1 is 0.778 bits per heavy atom. The Morgan fingerprint density at radius 3 is 2.08 bits per heavy atom. The molecule has 1 aliphatic heterocycles. The second-order valence-corrected chi connectivity index (χ2v) is 10.5. The maximum Gasteiger partial charge on any atom is 0.223 e. The van der Waals surface area contributed by atoms with Crippen molar-refractivity contribution in [3.8, 4) is 23.0 Å². The Kier molecular flexibility index (Phi) is 7.88. The number of carbonyl (C=O) groups is 1. The molecule has 0 spiro atoms. The number of benzene rings is 2. The first-order valence-corrected chi connectivity index (χ1v) is 13.6. The number of nitrogens with one attached hydrogen (secondary N) is 1. The zero-order chi connectivity index (χ0) is 24.9. The second kappa shape index (κ2) is 11.4. The minimum Gasteiger partial charge on any atom is -0.493 e. The van der Waals surface area contributed by atoms with Crippen LogP contribution in [0, 0.1) is 5.92 Å². The van der Waals surface area contributed by atoms with E-state index in [2.05, 4.69) is 23.5 Å². The first-order valence-electron chi connectivity index (χ1n) is 13.6. The zero-order valence-electron chi connectivity index (χ0n) is 21.6. The van der Waals surface area contributed by atoms with Crippen molar-refractivity contribution in [3.05, 3.63) is 47.5 Å². The Hall–Kier alpha value is -2.89. The van der Waals surface area contributed by atoms with Crippen LogP contribution in [0.15, 0.2) is 36.4 Å². The molecule has 2 atom stereocenters. The lowest BCUT2D eigenvalue weighted by Gasteiger charge is -2.30. The van der Waals surface area contributed by atoms with Crippen LogP contribution in [0.25, 0.3) is 0 Å². The van der Waals surface area contributed by atoms with Gasteiger partial charge in [0.15, 0.2) is 23.0 Å². The highest BCUT2D eigenvalue weighted by Crippen LogP contribution is 2.38. The molecule has 6 nitrogen and oxygen atoms in total. The van der Waals surface area contributed by atoms with E-state index >= 15 is 0 Å². The van der Waals surface area contributed by atoms with Gasteiger partial charge in [-0.05, 0) is 99.6 Å². The third kappa shape index (κ3) is 5.74. The Labute approximate surface area is 214 Å². The molecule has 1 N–H and O–H groups in total. The summed E-state index contributed by atoms with van der Waals surface area (Å²) in [6.07, 6.45) is 11.3. The molecule has 1 unspecified atom stereocenters. The molecule has 2 aromatic carbocycles. The van der Waals surface area contributed by atoms with Crippen LogP contribution in [-0.4, -0.2) is 38.9 Å². The van der Waals surface area contributed by atoms with Crippen LogP contribution in [0.4, 0.5) is 0 Å². The van der Waals surface area contributed by atoms with Gasteiger partial charge in [0, 0.05) is 18.4 Å². The highest BCUT2D eigenvalue weighted by molar-refractivity contribution is 5.80. The predicted molar refractivity (Wildman–Crippen MR) is 139 cm³/mol. The number of rotatable bonds is 9. The third-order valence-electron chi connectivity index (χ3n) is 8.02. The molecular formula is C30H39NO5. The molecule has 1 amide bonds. The molecule has 2 aromatic rings. The van der Waals surface area contributed by atoms with Crippen molar-refractivity contribution in [3.63, 3.8) is 0 Å². The van der Waals surface area contributed by atoms with Crippen molar-refractivity contribution in [1.82, 2.24) is 5.32 Å². The maximum absolute atomic E-state index is 12.8. The Balaban J connectivity index is 1.28. The van der Waals surface area contributed by atoms with Crippen LogP contribution in [0.2, 0.25) is 0 Å². The molecule has 0 radical (unpaired) electrons. The number of hydrogen-bond acceptors (Lipinski definition) is 5. The van der Waals surface area contributed by atoms with Gasteiger partial charge < -0.3 is 24.3 Å². The largest absolute Gasteiger partial charge is 0.493 e. The molecule has 5 rings (SSSR count). The monoisotopic (exact) mass is 493 g/mol. The van der Waals surface area contributed by atoms with E-state index in [1.165, 1.54) is 31.2 Å². The summed E-state index contributed by atoms with van der Waals surface area (Å²) in [6, 6.07) is 12.3. The van der Waals surface area contributed by atoms with E-state index < -0.39 is 0 Å². The maximum atomic E-state index is 12.8. The molecule has 3 aliphatic rings. The predicted octanol–water partition coefficient (Wildman–Crippen LogP) is 5.81. The SMILES string of the molecule is COc1cc(CC2C[C@@H](c3ccc(OC)c(OC4CCCC4)c3)CNC2=O)ccc1OC1CCCC1. The number of piperidine rings is 1. The van der Waals surface area contributed by atoms with Crippen molar-refractivity contribution in [1.29, 1.82) is 0 Å². The van der Waals surface area contributed by atoms with Gasteiger partial charge in [0.1, 0.15) is 0 Å². The summed E-state index contributed by atoms with van der Waals surface area (Å²) in [5.41, 5.74) is 2.28. The minimum absolute atomic E-state index is 0.101. The van der Waals surface area contributed by atoms with Gasteiger partial charge in [0.2, 0.25) is 5.91 Å². The van der Waals surface area contributed by atoms with Gasteiger partial charge in [-0.3, -0.25) is 4.79 Å². The van der Waals surface area contributed by atoms with Crippen LogP contribution in [0.3, 0.4) is 0 Å². The fourth-order valence-corrected chi connectivity index (χ4v) is 5.96. The van der Waals surface area contributed by atoms with E-state index in [9.17, 15) is 4.79 Å². The lowest BCUT2D eigenvalue weighted by molar-refractivity contribution is -0.126. The fourth-order valence-electron chi connectivity index (χ4n) is 5.96. The molecule has 194 valence electrons. The van der Waals surface area contributed by atoms with Crippen LogP contribution in [-0.2, 0) is 11.2 Å². The van der Waals surface area contributed by atoms with Gasteiger partial charge in [-0.1, -0.05) is 12.1 Å². The average molecular weight is 494 g/mol. The van der Waals surface area contributed by atoms with Gasteiger partial charge in [-0.15, -0.1) is 0 Å². The molecule has 3 fully saturated rings. The summed E-state index contributed by atoms with van der Waals surface area (Å²) in [5.74, 6) is 3.38. The van der Waals surface area contributed by atoms with E-state index in [1.54, 1.807) is 14.2 Å². The van der Waals surface area contributed by atoms with Crippen molar-refractivity contribution in [2.75, 3.05) is 20.8 Å². The summed E-state index contributed by atoms with van der Waals surface area (Å²) < 4.78 is 23.7. The molecule has 2 saturated carbocycles. The van der Waals surface area contributed by atoms with Gasteiger partial charge in [-0.2, -0.15) is 0 Å². The Bertz CT molecular complexity index is 1040. The zero-order valence-corrected chi connectivity index (χ0v) is 21.6. The lowest BCUT2D eigenvalue weighted by Crippen LogP contribution is -2.41. The summed E-state index contributed by atoms with van der Waals surface area (Å²) in [7, 11) is 3.37. The van der Waals surface area contributed by atoms with Crippen LogP contribution in [0.1, 0.15) is 74.8 Å². The van der Waals surface area contributed by atoms with Crippen molar-refractivity contribution >= 4 is 5.91 Å². The van der Waals surface area contributed by atoms with Gasteiger partial charge in [-0.25, -0.2) is 0 Å². The normalized spacial score (nSPS) is 22.9. The van der Waals surface area contributed by atoms with Crippen molar-refractivity contribution < 1.29 is 23.7 Å². The smallest absolute Gasteiger partial charge is 0.223 e. The summed E-state index contributed by atoms with van der Waals surface area (Å²) >= 11 is 0. The number of hydrogen-bond donors (Lipinski definition) is 1. The lowest BCUT2D eigenvalue weighted by atomic mass is 9.82. The molecular weight excluding hydrogens is 454 g/mol. The molecule has 1 heterocycles. The third-order valence-corrected chi connectivity index (χ3v) is 8.02. The van der Waals surface area contributed by atoms with Crippen molar-refractivity contribution in [2.45, 2.75) is 82.3 Å². The van der Waals surface area contributed by atoms with Crippen molar-refractivity contribution in [2.24, 2.45) is 5.92 Å².